The fourth-order valence-electron chi connectivity index (χ4n) is 6.26. The topological polar surface area (TPSA) is 91.3 Å². The average Bonchev–Trinajstić information content (AvgIpc) is 3.08. The van der Waals surface area contributed by atoms with E-state index in [1.807, 2.05) is 21.1 Å². The SMILES string of the molecule is CCCCCCCCCCCCCCCCCCC(=O)OC(COCCCCCCCCCCCCCCC)COP(=O)(O)OCC[N+](C)(C)C. The van der Waals surface area contributed by atoms with Crippen molar-refractivity contribution in [2.24, 2.45) is 0 Å². The predicted octanol–water partition coefficient (Wildman–Crippen LogP) is 12.5. The highest BCUT2D eigenvalue weighted by Gasteiger charge is 2.26. The summed E-state index contributed by atoms with van der Waals surface area (Å²) in [5.41, 5.74) is 0. The van der Waals surface area contributed by atoms with Crippen LogP contribution in [-0.2, 0) is 27.9 Å². The molecule has 0 rings (SSSR count). The van der Waals surface area contributed by atoms with Gasteiger partial charge in [0.2, 0.25) is 0 Å². The Bertz CT molecular complexity index is 792. The van der Waals surface area contributed by atoms with Crippen LogP contribution in [0.4, 0.5) is 0 Å². The molecule has 0 fully saturated rings. The van der Waals surface area contributed by atoms with Gasteiger partial charge in [0.1, 0.15) is 19.3 Å². The van der Waals surface area contributed by atoms with Crippen LogP contribution in [0.25, 0.3) is 0 Å². The van der Waals surface area contributed by atoms with Crippen LogP contribution in [-0.4, -0.2) is 75.6 Å². The molecule has 1 N–H and O–H groups in total. The minimum absolute atomic E-state index is 0.0938. The number of rotatable bonds is 41. The van der Waals surface area contributed by atoms with Crippen LogP contribution in [0.2, 0.25) is 0 Å². The van der Waals surface area contributed by atoms with Gasteiger partial charge in [-0.2, -0.15) is 0 Å². The van der Waals surface area contributed by atoms with Crippen molar-refractivity contribution in [2.75, 3.05) is 54.1 Å². The van der Waals surface area contributed by atoms with E-state index in [2.05, 4.69) is 13.8 Å². The minimum atomic E-state index is -4.26. The van der Waals surface area contributed by atoms with Gasteiger partial charge in [0.05, 0.1) is 34.4 Å². The molecule has 0 radical (unpaired) electrons. The maximum atomic E-state index is 12.7. The fraction of sp³-hybridized carbons (Fsp3) is 0.976. The molecular weight excluding hydrogens is 661 g/mol. The van der Waals surface area contributed by atoms with E-state index < -0.39 is 13.9 Å². The van der Waals surface area contributed by atoms with Gasteiger partial charge in [-0.3, -0.25) is 13.8 Å². The molecule has 51 heavy (non-hydrogen) atoms. The highest BCUT2D eigenvalue weighted by atomic mass is 31.2. The molecule has 0 aromatic heterocycles. The van der Waals surface area contributed by atoms with Gasteiger partial charge in [0, 0.05) is 13.0 Å². The van der Waals surface area contributed by atoms with E-state index in [1.54, 1.807) is 0 Å². The van der Waals surface area contributed by atoms with Crippen LogP contribution in [0.5, 0.6) is 0 Å². The summed E-state index contributed by atoms with van der Waals surface area (Å²) in [5.74, 6) is -0.308. The monoisotopic (exact) mass is 749 g/mol. The van der Waals surface area contributed by atoms with Gasteiger partial charge in [-0.15, -0.1) is 0 Å². The van der Waals surface area contributed by atoms with Crippen molar-refractivity contribution in [1.82, 2.24) is 0 Å². The largest absolute Gasteiger partial charge is 0.472 e. The van der Waals surface area contributed by atoms with E-state index >= 15 is 0 Å². The second kappa shape index (κ2) is 36.5. The maximum absolute atomic E-state index is 12.7. The van der Waals surface area contributed by atoms with Crippen molar-refractivity contribution >= 4 is 13.8 Å². The van der Waals surface area contributed by atoms with E-state index in [0.29, 0.717) is 24.1 Å². The molecule has 0 bridgehead atoms. The molecule has 2 unspecified atom stereocenters. The van der Waals surface area contributed by atoms with Crippen molar-refractivity contribution in [3.05, 3.63) is 0 Å². The number of phosphoric ester groups is 1. The van der Waals surface area contributed by atoms with Gasteiger partial charge in [0.25, 0.3) is 0 Å². The highest BCUT2D eigenvalue weighted by molar-refractivity contribution is 7.47. The van der Waals surface area contributed by atoms with E-state index in [1.165, 1.54) is 154 Å². The van der Waals surface area contributed by atoms with Crippen molar-refractivity contribution in [1.29, 1.82) is 0 Å². The number of carbonyl (C=O) groups is 1. The zero-order valence-corrected chi connectivity index (χ0v) is 35.5. The summed E-state index contributed by atoms with van der Waals surface area (Å²) in [6.07, 6.45) is 36.9. The van der Waals surface area contributed by atoms with Gasteiger partial charge in [-0.25, -0.2) is 4.57 Å². The van der Waals surface area contributed by atoms with E-state index in [9.17, 15) is 14.3 Å². The second-order valence-corrected chi connectivity index (χ2v) is 17.5. The summed E-state index contributed by atoms with van der Waals surface area (Å²) in [5, 5.41) is 0. The normalized spacial score (nSPS) is 13.8. The van der Waals surface area contributed by atoms with Crippen molar-refractivity contribution in [2.45, 2.75) is 213 Å². The number of esters is 1. The summed E-state index contributed by atoms with van der Waals surface area (Å²) in [7, 11) is 1.68. The first-order chi connectivity index (χ1) is 24.6. The standard InChI is InChI=1S/C42H86NO7P/c1-6-8-10-12-14-16-18-20-21-22-23-25-27-29-31-33-35-42(44)50-41(40-49-51(45,46)48-38-36-43(3,4)5)39-47-37-34-32-30-28-26-24-19-17-15-13-11-9-7-2/h41H,6-40H2,1-5H3/p+1. The van der Waals surface area contributed by atoms with Crippen LogP contribution in [0.15, 0.2) is 0 Å². The first-order valence-electron chi connectivity index (χ1n) is 21.8. The van der Waals surface area contributed by atoms with Crippen LogP contribution in [0, 0.1) is 0 Å². The summed E-state index contributed by atoms with van der Waals surface area (Å²) in [6.45, 7) is 5.67. The Labute approximate surface area is 317 Å². The van der Waals surface area contributed by atoms with Crippen LogP contribution < -0.4 is 0 Å². The number of quaternary nitrogens is 1. The molecule has 0 heterocycles. The number of hydrogen-bond donors (Lipinski definition) is 1. The maximum Gasteiger partial charge on any atom is 0.472 e. The molecule has 8 nitrogen and oxygen atoms in total. The number of nitrogens with zero attached hydrogens (tertiary/aromatic N) is 1. The van der Waals surface area contributed by atoms with E-state index in [4.69, 9.17) is 18.5 Å². The van der Waals surface area contributed by atoms with E-state index in [-0.39, 0.29) is 25.8 Å². The zero-order valence-electron chi connectivity index (χ0n) is 34.6. The van der Waals surface area contributed by atoms with Crippen LogP contribution in [0.3, 0.4) is 0 Å². The molecule has 0 saturated heterocycles. The van der Waals surface area contributed by atoms with Gasteiger partial charge in [-0.05, 0) is 12.8 Å². The molecule has 0 spiro atoms. The fourth-order valence-corrected chi connectivity index (χ4v) is 7.00. The van der Waals surface area contributed by atoms with Crippen LogP contribution >= 0.6 is 7.82 Å². The zero-order chi connectivity index (χ0) is 37.7. The smallest absolute Gasteiger partial charge is 0.457 e. The number of carbonyl (C=O) groups excluding carboxylic acids is 1. The van der Waals surface area contributed by atoms with Crippen molar-refractivity contribution < 1.29 is 37.3 Å². The predicted molar refractivity (Wildman–Crippen MR) is 215 cm³/mol. The summed E-state index contributed by atoms with van der Waals surface area (Å²) in [6, 6.07) is 0. The average molecular weight is 749 g/mol. The van der Waals surface area contributed by atoms with E-state index in [0.717, 1.165) is 32.1 Å². The Morgan fingerprint density at radius 2 is 0.902 bits per heavy atom. The van der Waals surface area contributed by atoms with Gasteiger partial charge >= 0.3 is 13.8 Å². The van der Waals surface area contributed by atoms with Gasteiger partial charge in [0.15, 0.2) is 0 Å². The molecule has 0 aromatic rings. The quantitative estimate of drug-likeness (QED) is 0.0288. The third-order valence-electron chi connectivity index (χ3n) is 9.67. The summed E-state index contributed by atoms with van der Waals surface area (Å²) in [4.78, 5) is 22.9. The van der Waals surface area contributed by atoms with Crippen molar-refractivity contribution in [3.63, 3.8) is 0 Å². The number of hydrogen-bond acceptors (Lipinski definition) is 6. The lowest BCUT2D eigenvalue weighted by molar-refractivity contribution is -0.870. The molecule has 9 heteroatoms. The van der Waals surface area contributed by atoms with Crippen molar-refractivity contribution in [3.8, 4) is 0 Å². The third-order valence-corrected chi connectivity index (χ3v) is 10.7. The summed E-state index contributed by atoms with van der Waals surface area (Å²) >= 11 is 0. The Kier molecular flexibility index (Phi) is 36.1. The minimum Gasteiger partial charge on any atom is -0.457 e. The Balaban J connectivity index is 4.19. The highest BCUT2D eigenvalue weighted by Crippen LogP contribution is 2.43. The first kappa shape index (κ1) is 50.5. The lowest BCUT2D eigenvalue weighted by Gasteiger charge is -2.24. The number of likely N-dealkylation sites (N-methyl/N-ethyl adjacent to an activating group) is 1. The lowest BCUT2D eigenvalue weighted by Crippen LogP contribution is -2.37. The first-order valence-corrected chi connectivity index (χ1v) is 23.3. The summed E-state index contributed by atoms with van der Waals surface area (Å²) < 4.78 is 35.0. The number of ether oxygens (including phenoxy) is 2. The van der Waals surface area contributed by atoms with Gasteiger partial charge in [-0.1, -0.05) is 187 Å². The second-order valence-electron chi connectivity index (χ2n) is 16.1. The van der Waals surface area contributed by atoms with Gasteiger partial charge < -0.3 is 18.9 Å². The molecule has 0 aliphatic carbocycles. The molecule has 0 amide bonds. The number of unbranched alkanes of at least 4 members (excludes halogenated alkanes) is 27. The molecule has 0 saturated carbocycles. The Morgan fingerprint density at radius 1 is 0.529 bits per heavy atom. The Morgan fingerprint density at radius 3 is 1.29 bits per heavy atom. The molecule has 0 aromatic carbocycles. The lowest BCUT2D eigenvalue weighted by atomic mass is 10.0. The molecule has 0 aliphatic rings. The molecule has 306 valence electrons. The third kappa shape index (κ3) is 40.5. The van der Waals surface area contributed by atoms with Crippen LogP contribution in [0.1, 0.15) is 206 Å². The molecular formula is C42H87NO7P+. The molecule has 0 aliphatic heterocycles. The number of phosphoric acid groups is 1. The molecule has 2 atom stereocenters. The Hall–Kier alpha value is -0.500.